The van der Waals surface area contributed by atoms with Gasteiger partial charge in [0.1, 0.15) is 17.4 Å². The molecule has 3 aromatic rings. The molecule has 1 saturated carbocycles. The standard InChI is InChI=1S/C30H31N3O2S/c31-18-22-10-4-5-11-23(22)20-35-25-14-8-9-21(17-25)19-32-30-28(26-15-6-7-16-27(26)36-30)29(34)33-24-12-2-1-3-13-24/h4-5,8-11,14,17,19,24H,1-3,6-7,12-13,15-16,20H2,(H,33,34). The highest BCUT2D eigenvalue weighted by Gasteiger charge is 2.27. The minimum Gasteiger partial charge on any atom is -0.489 e. The highest BCUT2D eigenvalue weighted by molar-refractivity contribution is 7.16. The van der Waals surface area contributed by atoms with Crippen LogP contribution in [-0.2, 0) is 19.4 Å². The molecule has 0 bridgehead atoms. The van der Waals surface area contributed by atoms with E-state index in [0.717, 1.165) is 53.8 Å². The molecular weight excluding hydrogens is 466 g/mol. The summed E-state index contributed by atoms with van der Waals surface area (Å²) in [6, 6.07) is 17.7. The van der Waals surface area contributed by atoms with E-state index in [2.05, 4.69) is 11.4 Å². The summed E-state index contributed by atoms with van der Waals surface area (Å²) in [4.78, 5) is 19.5. The Kier molecular flexibility index (Phi) is 7.78. The summed E-state index contributed by atoms with van der Waals surface area (Å²) >= 11 is 1.67. The lowest BCUT2D eigenvalue weighted by atomic mass is 9.93. The number of carbonyl (C=O) groups excluding carboxylic acids is 1. The van der Waals surface area contributed by atoms with Crippen LogP contribution in [0.4, 0.5) is 5.00 Å². The maximum atomic E-state index is 13.4. The maximum absolute atomic E-state index is 13.4. The SMILES string of the molecule is N#Cc1ccccc1COc1cccc(C=Nc2sc3c(c2C(=O)NC2CCCCC2)CCCC3)c1. The Hall–Kier alpha value is -3.43. The lowest BCUT2D eigenvalue weighted by Crippen LogP contribution is -2.36. The van der Waals surface area contributed by atoms with E-state index in [1.54, 1.807) is 17.4 Å². The predicted molar refractivity (Wildman–Crippen MR) is 144 cm³/mol. The second-order valence-corrected chi connectivity index (χ2v) is 10.7. The zero-order chi connectivity index (χ0) is 24.7. The van der Waals surface area contributed by atoms with Crippen LogP contribution in [-0.4, -0.2) is 18.2 Å². The third-order valence-corrected chi connectivity index (χ3v) is 8.24. The van der Waals surface area contributed by atoms with Crippen LogP contribution in [0.15, 0.2) is 53.5 Å². The van der Waals surface area contributed by atoms with Gasteiger partial charge in [0.25, 0.3) is 5.91 Å². The third-order valence-electron chi connectivity index (χ3n) is 7.04. The van der Waals surface area contributed by atoms with E-state index in [-0.39, 0.29) is 11.9 Å². The Balaban J connectivity index is 1.34. The molecule has 6 heteroatoms. The summed E-state index contributed by atoms with van der Waals surface area (Å²) in [5, 5.41) is 13.4. The fourth-order valence-corrected chi connectivity index (χ4v) is 6.35. The van der Waals surface area contributed by atoms with Gasteiger partial charge in [-0.15, -0.1) is 11.3 Å². The third kappa shape index (κ3) is 5.68. The summed E-state index contributed by atoms with van der Waals surface area (Å²) in [5.74, 6) is 0.758. The molecular formula is C30H31N3O2S. The van der Waals surface area contributed by atoms with Gasteiger partial charge in [0.2, 0.25) is 0 Å². The maximum Gasteiger partial charge on any atom is 0.254 e. The van der Waals surface area contributed by atoms with Gasteiger partial charge in [-0.1, -0.05) is 49.6 Å². The first-order valence-corrected chi connectivity index (χ1v) is 13.7. The smallest absolute Gasteiger partial charge is 0.254 e. The van der Waals surface area contributed by atoms with Crippen LogP contribution in [0, 0.1) is 11.3 Å². The van der Waals surface area contributed by atoms with Crippen LogP contribution in [0.5, 0.6) is 5.75 Å². The number of amides is 1. The highest BCUT2D eigenvalue weighted by Crippen LogP contribution is 2.40. The van der Waals surface area contributed by atoms with Gasteiger partial charge in [-0.2, -0.15) is 5.26 Å². The van der Waals surface area contributed by atoms with E-state index in [9.17, 15) is 10.1 Å². The molecule has 1 aromatic heterocycles. The Labute approximate surface area is 216 Å². The lowest BCUT2D eigenvalue weighted by molar-refractivity contribution is 0.0927. The molecule has 2 aliphatic carbocycles. The number of hydrogen-bond donors (Lipinski definition) is 1. The van der Waals surface area contributed by atoms with E-state index in [1.165, 1.54) is 36.1 Å². The average Bonchev–Trinajstić information content (AvgIpc) is 3.30. The molecule has 0 spiro atoms. The van der Waals surface area contributed by atoms with E-state index in [1.807, 2.05) is 48.7 Å². The Morgan fingerprint density at radius 1 is 1.08 bits per heavy atom. The van der Waals surface area contributed by atoms with E-state index < -0.39 is 0 Å². The molecule has 5 rings (SSSR count). The summed E-state index contributed by atoms with van der Waals surface area (Å²) in [6.45, 7) is 0.327. The molecule has 1 heterocycles. The van der Waals surface area contributed by atoms with Crippen LogP contribution in [0.25, 0.3) is 0 Å². The van der Waals surface area contributed by atoms with Gasteiger partial charge in [-0.05, 0) is 67.9 Å². The van der Waals surface area contributed by atoms with Crippen molar-refractivity contribution in [3.8, 4) is 11.8 Å². The number of fused-ring (bicyclic) bond motifs is 1. The number of aryl methyl sites for hydroxylation is 1. The summed E-state index contributed by atoms with van der Waals surface area (Å²) in [5.41, 5.74) is 4.39. The molecule has 36 heavy (non-hydrogen) atoms. The van der Waals surface area contributed by atoms with Gasteiger partial charge >= 0.3 is 0 Å². The quantitative estimate of drug-likeness (QED) is 0.361. The molecule has 2 aromatic carbocycles. The number of benzene rings is 2. The molecule has 0 atom stereocenters. The van der Waals surface area contributed by atoms with Crippen molar-refractivity contribution >= 4 is 28.5 Å². The molecule has 0 saturated heterocycles. The van der Waals surface area contributed by atoms with Gasteiger partial charge in [-0.3, -0.25) is 4.79 Å². The van der Waals surface area contributed by atoms with Crippen molar-refractivity contribution in [3.05, 3.63) is 81.2 Å². The molecule has 5 nitrogen and oxygen atoms in total. The van der Waals surface area contributed by atoms with Gasteiger partial charge < -0.3 is 10.1 Å². The van der Waals surface area contributed by atoms with E-state index in [4.69, 9.17) is 9.73 Å². The summed E-state index contributed by atoms with van der Waals surface area (Å²) in [7, 11) is 0. The van der Waals surface area contributed by atoms with Crippen molar-refractivity contribution < 1.29 is 9.53 Å². The van der Waals surface area contributed by atoms with Crippen molar-refractivity contribution in [2.45, 2.75) is 70.4 Å². The number of thiophene rings is 1. The minimum atomic E-state index is 0.0432. The van der Waals surface area contributed by atoms with Gasteiger partial charge in [0.15, 0.2) is 0 Å². The first kappa shape index (κ1) is 24.3. The number of carbonyl (C=O) groups is 1. The fraction of sp³-hybridized carbons (Fsp3) is 0.367. The number of hydrogen-bond acceptors (Lipinski definition) is 5. The number of nitrogens with zero attached hydrogens (tertiary/aromatic N) is 2. The molecule has 0 radical (unpaired) electrons. The molecule has 2 aliphatic rings. The van der Waals surface area contributed by atoms with Crippen molar-refractivity contribution in [1.82, 2.24) is 5.32 Å². The Bertz CT molecular complexity index is 1300. The van der Waals surface area contributed by atoms with Crippen LogP contribution in [0.3, 0.4) is 0 Å². The van der Waals surface area contributed by atoms with Crippen LogP contribution in [0.2, 0.25) is 0 Å². The van der Waals surface area contributed by atoms with Gasteiger partial charge in [-0.25, -0.2) is 4.99 Å². The number of rotatable bonds is 7. The highest BCUT2D eigenvalue weighted by atomic mass is 32.1. The predicted octanol–water partition coefficient (Wildman–Crippen LogP) is 6.89. The first-order valence-electron chi connectivity index (χ1n) is 12.9. The second-order valence-electron chi connectivity index (χ2n) is 9.59. The van der Waals surface area contributed by atoms with Gasteiger partial charge in [0.05, 0.1) is 17.2 Å². The molecule has 1 N–H and O–H groups in total. The normalized spacial score (nSPS) is 15.9. The molecule has 0 unspecified atom stereocenters. The van der Waals surface area contributed by atoms with Crippen LogP contribution < -0.4 is 10.1 Å². The van der Waals surface area contributed by atoms with Crippen molar-refractivity contribution in [3.63, 3.8) is 0 Å². The van der Waals surface area contributed by atoms with Crippen molar-refractivity contribution in [2.24, 2.45) is 4.99 Å². The fourth-order valence-electron chi connectivity index (χ4n) is 5.12. The van der Waals surface area contributed by atoms with Crippen molar-refractivity contribution in [1.29, 1.82) is 5.26 Å². The number of nitrogens with one attached hydrogen (secondary N) is 1. The molecule has 1 fully saturated rings. The molecule has 1 amide bonds. The van der Waals surface area contributed by atoms with Crippen LogP contribution in [0.1, 0.15) is 82.4 Å². The summed E-state index contributed by atoms with van der Waals surface area (Å²) in [6.07, 6.45) is 11.9. The Morgan fingerprint density at radius 2 is 1.92 bits per heavy atom. The largest absolute Gasteiger partial charge is 0.489 e. The number of aliphatic imine (C=N–C) groups is 1. The topological polar surface area (TPSA) is 74.5 Å². The number of nitriles is 1. The molecule has 0 aliphatic heterocycles. The Morgan fingerprint density at radius 3 is 2.78 bits per heavy atom. The monoisotopic (exact) mass is 497 g/mol. The number of ether oxygens (including phenoxy) is 1. The molecule has 184 valence electrons. The van der Waals surface area contributed by atoms with E-state index >= 15 is 0 Å². The average molecular weight is 498 g/mol. The second kappa shape index (κ2) is 11.5. The minimum absolute atomic E-state index is 0.0432. The zero-order valence-corrected chi connectivity index (χ0v) is 21.3. The van der Waals surface area contributed by atoms with Gasteiger partial charge in [0, 0.05) is 22.7 Å². The van der Waals surface area contributed by atoms with E-state index in [0.29, 0.717) is 17.9 Å². The summed E-state index contributed by atoms with van der Waals surface area (Å²) < 4.78 is 5.97. The van der Waals surface area contributed by atoms with Crippen molar-refractivity contribution in [2.75, 3.05) is 0 Å². The van der Waals surface area contributed by atoms with Crippen LogP contribution >= 0.6 is 11.3 Å². The lowest BCUT2D eigenvalue weighted by Gasteiger charge is -2.23. The zero-order valence-electron chi connectivity index (χ0n) is 20.5. The first-order chi connectivity index (χ1) is 17.7.